The van der Waals surface area contributed by atoms with Crippen LogP contribution in [-0.2, 0) is 0 Å². The number of phenols is 1. The molecule has 1 N–H and O–H groups in total. The minimum atomic E-state index is -0.661. The third-order valence-electron chi connectivity index (χ3n) is 6.72. The number of carbonyl (C=O) groups excluding carboxylic acids is 1. The van der Waals surface area contributed by atoms with Crippen molar-refractivity contribution in [2.75, 3.05) is 33.3 Å². The Morgan fingerprint density at radius 1 is 1.12 bits per heavy atom. The summed E-state index contributed by atoms with van der Waals surface area (Å²) in [5.74, 6) is -0.0197. The fraction of sp³-hybridized carbons (Fsp3) is 0.385. The van der Waals surface area contributed by atoms with E-state index in [4.69, 9.17) is 9.15 Å². The van der Waals surface area contributed by atoms with Crippen LogP contribution in [0.2, 0.25) is 0 Å². The van der Waals surface area contributed by atoms with Gasteiger partial charge in [-0.2, -0.15) is 0 Å². The first-order chi connectivity index (χ1) is 16.2. The average Bonchev–Trinajstić information content (AvgIpc) is 3.09. The zero-order valence-corrected chi connectivity index (χ0v) is 21.7. The molecular formula is C26H29BrN2O5. The quantitative estimate of drug-likeness (QED) is 0.475. The summed E-state index contributed by atoms with van der Waals surface area (Å²) in [6.45, 7) is 10.8. The highest BCUT2D eigenvalue weighted by Gasteiger charge is 2.43. The normalized spacial score (nSPS) is 15.4. The number of aryl methyl sites for hydroxylation is 2. The van der Waals surface area contributed by atoms with Crippen molar-refractivity contribution < 1.29 is 19.1 Å². The number of methoxy groups -OCH3 is 1. The number of rotatable bonds is 7. The van der Waals surface area contributed by atoms with Crippen LogP contribution in [0.25, 0.3) is 11.0 Å². The average molecular weight is 529 g/mol. The summed E-state index contributed by atoms with van der Waals surface area (Å²) in [5, 5.41) is 10.8. The van der Waals surface area contributed by atoms with Gasteiger partial charge in [-0.25, -0.2) is 0 Å². The van der Waals surface area contributed by atoms with Gasteiger partial charge in [0.15, 0.2) is 16.9 Å². The van der Waals surface area contributed by atoms with Crippen LogP contribution in [0.5, 0.6) is 11.5 Å². The zero-order valence-electron chi connectivity index (χ0n) is 20.1. The summed E-state index contributed by atoms with van der Waals surface area (Å²) in [6, 6.07) is 6.37. The summed E-state index contributed by atoms with van der Waals surface area (Å²) < 4.78 is 11.9. The van der Waals surface area contributed by atoms with Gasteiger partial charge >= 0.3 is 0 Å². The Kier molecular flexibility index (Phi) is 6.73. The molecule has 2 heterocycles. The van der Waals surface area contributed by atoms with E-state index in [0.717, 1.165) is 24.2 Å². The number of benzene rings is 2. The lowest BCUT2D eigenvalue weighted by Crippen LogP contribution is -2.37. The van der Waals surface area contributed by atoms with Crippen LogP contribution >= 0.6 is 15.9 Å². The summed E-state index contributed by atoms with van der Waals surface area (Å²) in [6.07, 6.45) is 0. The first-order valence-corrected chi connectivity index (χ1v) is 12.2. The first-order valence-electron chi connectivity index (χ1n) is 11.4. The molecule has 1 aromatic heterocycles. The van der Waals surface area contributed by atoms with Crippen LogP contribution in [-0.4, -0.2) is 54.1 Å². The minimum Gasteiger partial charge on any atom is -0.503 e. The SMILES string of the molecule is CCN(CC)CCN1C(=O)c2oc3cc(C)c(C)cc3c(=O)c2[C@H]1c1cc(Br)c(O)c(OC)c1. The third-order valence-corrected chi connectivity index (χ3v) is 7.32. The van der Waals surface area contributed by atoms with Gasteiger partial charge in [0.1, 0.15) is 5.58 Å². The van der Waals surface area contributed by atoms with Crippen LogP contribution in [0.4, 0.5) is 0 Å². The highest BCUT2D eigenvalue weighted by Crippen LogP contribution is 2.43. The van der Waals surface area contributed by atoms with Gasteiger partial charge in [0.25, 0.3) is 5.91 Å². The molecule has 0 unspecified atom stereocenters. The predicted octanol–water partition coefficient (Wildman–Crippen LogP) is 4.77. The molecule has 0 aliphatic carbocycles. The summed E-state index contributed by atoms with van der Waals surface area (Å²) in [5.41, 5.74) is 3.14. The molecule has 1 aliphatic heterocycles. The van der Waals surface area contributed by atoms with Crippen LogP contribution < -0.4 is 10.2 Å². The first kappa shape index (κ1) is 24.3. The predicted molar refractivity (Wildman–Crippen MR) is 135 cm³/mol. The maximum atomic E-state index is 13.8. The minimum absolute atomic E-state index is 0.0397. The van der Waals surface area contributed by atoms with Crippen LogP contribution in [0.15, 0.2) is 37.9 Å². The number of carbonyl (C=O) groups is 1. The Bertz CT molecular complexity index is 1330. The van der Waals surface area contributed by atoms with Crippen molar-refractivity contribution in [3.05, 3.63) is 67.0 Å². The summed E-state index contributed by atoms with van der Waals surface area (Å²) >= 11 is 3.38. The molecule has 0 fully saturated rings. The molecule has 34 heavy (non-hydrogen) atoms. The van der Waals surface area contributed by atoms with Crippen LogP contribution in [0.3, 0.4) is 0 Å². The number of aromatic hydroxyl groups is 1. The standard InChI is InChI=1S/C26H29BrN2O5/c1-6-28(7-2)8-9-29-22(16-12-18(27)24(31)20(13-16)33-5)21-23(30)17-10-14(3)15(4)11-19(17)34-25(21)26(29)32/h10-13,22,31H,6-9H2,1-5H3/t22-/m1/s1. The van der Waals surface area contributed by atoms with Gasteiger partial charge in [0.2, 0.25) is 5.76 Å². The van der Waals surface area contributed by atoms with Gasteiger partial charge in [0.05, 0.1) is 28.6 Å². The topological polar surface area (TPSA) is 83.2 Å². The fourth-order valence-corrected chi connectivity index (χ4v) is 5.01. The number of likely N-dealkylation sites (N-methyl/N-ethyl adjacent to an activating group) is 1. The maximum absolute atomic E-state index is 13.8. The molecule has 4 rings (SSSR count). The molecule has 0 saturated carbocycles. The van der Waals surface area contributed by atoms with Gasteiger partial charge in [-0.1, -0.05) is 13.8 Å². The molecule has 1 aliphatic rings. The molecule has 180 valence electrons. The third kappa shape index (κ3) is 3.99. The van der Waals surface area contributed by atoms with E-state index in [1.165, 1.54) is 7.11 Å². The fourth-order valence-electron chi connectivity index (χ4n) is 4.55. The number of amides is 1. The molecule has 8 heteroatoms. The van der Waals surface area contributed by atoms with Crippen molar-refractivity contribution in [3.63, 3.8) is 0 Å². The van der Waals surface area contributed by atoms with E-state index in [2.05, 4.69) is 34.7 Å². The van der Waals surface area contributed by atoms with E-state index in [0.29, 0.717) is 39.7 Å². The monoisotopic (exact) mass is 528 g/mol. The van der Waals surface area contributed by atoms with E-state index in [9.17, 15) is 14.7 Å². The Morgan fingerprint density at radius 3 is 2.44 bits per heavy atom. The number of fused-ring (bicyclic) bond motifs is 2. The highest BCUT2D eigenvalue weighted by molar-refractivity contribution is 9.10. The smallest absolute Gasteiger partial charge is 0.290 e. The van der Waals surface area contributed by atoms with Crippen molar-refractivity contribution in [3.8, 4) is 11.5 Å². The molecule has 0 spiro atoms. The molecular weight excluding hydrogens is 500 g/mol. The molecule has 7 nitrogen and oxygen atoms in total. The zero-order chi connectivity index (χ0) is 24.7. The number of phenolic OH excluding ortho intramolecular Hbond substituents is 1. The molecule has 2 aromatic carbocycles. The van der Waals surface area contributed by atoms with E-state index in [1.54, 1.807) is 17.0 Å². The molecule has 0 saturated heterocycles. The van der Waals surface area contributed by atoms with Gasteiger partial charge < -0.3 is 24.1 Å². The Labute approximate surface area is 207 Å². The van der Waals surface area contributed by atoms with Crippen molar-refractivity contribution >= 4 is 32.8 Å². The number of nitrogens with zero attached hydrogens (tertiary/aromatic N) is 2. The second-order valence-electron chi connectivity index (χ2n) is 8.59. The largest absolute Gasteiger partial charge is 0.503 e. The van der Waals surface area contributed by atoms with E-state index < -0.39 is 6.04 Å². The van der Waals surface area contributed by atoms with E-state index in [-0.39, 0.29) is 28.6 Å². The lowest BCUT2D eigenvalue weighted by atomic mass is 9.97. The van der Waals surface area contributed by atoms with Crippen molar-refractivity contribution in [1.29, 1.82) is 0 Å². The molecule has 1 amide bonds. The molecule has 0 radical (unpaired) electrons. The van der Waals surface area contributed by atoms with Crippen LogP contribution in [0, 0.1) is 13.8 Å². The number of hydrogen-bond donors (Lipinski definition) is 1. The number of halogens is 1. The summed E-state index contributed by atoms with van der Waals surface area (Å²) in [7, 11) is 1.46. The molecule has 3 aromatic rings. The van der Waals surface area contributed by atoms with Gasteiger partial charge in [-0.3, -0.25) is 9.59 Å². The maximum Gasteiger partial charge on any atom is 0.290 e. The van der Waals surface area contributed by atoms with E-state index >= 15 is 0 Å². The van der Waals surface area contributed by atoms with E-state index in [1.807, 2.05) is 26.0 Å². The second-order valence-corrected chi connectivity index (χ2v) is 9.44. The highest BCUT2D eigenvalue weighted by atomic mass is 79.9. The number of hydrogen-bond acceptors (Lipinski definition) is 6. The Hall–Kier alpha value is -2.84. The number of ether oxygens (including phenoxy) is 1. The Morgan fingerprint density at radius 2 is 1.79 bits per heavy atom. The summed E-state index contributed by atoms with van der Waals surface area (Å²) in [4.78, 5) is 31.3. The van der Waals surface area contributed by atoms with Crippen LogP contribution in [0.1, 0.15) is 52.7 Å². The second kappa shape index (κ2) is 9.43. The van der Waals surface area contributed by atoms with Gasteiger partial charge in [-0.05, 0) is 83.8 Å². The van der Waals surface area contributed by atoms with Crippen molar-refractivity contribution in [2.24, 2.45) is 0 Å². The van der Waals surface area contributed by atoms with Gasteiger partial charge in [0, 0.05) is 13.1 Å². The lowest BCUT2D eigenvalue weighted by Gasteiger charge is -2.28. The lowest BCUT2D eigenvalue weighted by molar-refractivity contribution is 0.0708. The molecule has 1 atom stereocenters. The van der Waals surface area contributed by atoms with Gasteiger partial charge in [-0.15, -0.1) is 0 Å². The molecule has 0 bridgehead atoms. The van der Waals surface area contributed by atoms with Crippen molar-refractivity contribution in [2.45, 2.75) is 33.7 Å². The Balaban J connectivity index is 1.95. The van der Waals surface area contributed by atoms with Crippen molar-refractivity contribution in [1.82, 2.24) is 9.80 Å².